The van der Waals surface area contributed by atoms with Gasteiger partial charge in [0, 0.05) is 45.8 Å². The predicted molar refractivity (Wildman–Crippen MR) is 148 cm³/mol. The fourth-order valence-electron chi connectivity index (χ4n) is 5.71. The summed E-state index contributed by atoms with van der Waals surface area (Å²) in [5.41, 5.74) is 1.56. The molecular weight excluding hydrogens is 535 g/mol. The first kappa shape index (κ1) is 29.1. The number of carbonyl (C=O) groups is 1. The number of carbonyl (C=O) groups excluding carboxylic acids is 1. The van der Waals surface area contributed by atoms with Crippen molar-refractivity contribution in [2.75, 3.05) is 51.3 Å². The third-order valence-electron chi connectivity index (χ3n) is 8.09. The van der Waals surface area contributed by atoms with Crippen LogP contribution in [-0.4, -0.2) is 82.8 Å². The topological polar surface area (TPSA) is 70.1 Å². The maximum Gasteiger partial charge on any atom is 0.479 e. The number of hydrogen-bond acceptors (Lipinski definition) is 6. The molecule has 0 unspecified atom stereocenters. The van der Waals surface area contributed by atoms with Crippen LogP contribution in [0.4, 0.5) is 19.0 Å². The van der Waals surface area contributed by atoms with Crippen LogP contribution in [0.1, 0.15) is 50.9 Å². The molecule has 9 nitrogen and oxygen atoms in total. The van der Waals surface area contributed by atoms with Crippen molar-refractivity contribution in [1.29, 1.82) is 0 Å². The smallest absolute Gasteiger partial charge is 0.479 e. The first-order valence-electron chi connectivity index (χ1n) is 14.3. The number of ether oxygens (including phenoxy) is 1. The van der Waals surface area contributed by atoms with Gasteiger partial charge in [-0.15, -0.1) is 4.68 Å². The minimum Gasteiger partial charge on any atom is -0.492 e. The van der Waals surface area contributed by atoms with E-state index in [0.29, 0.717) is 50.2 Å². The summed E-state index contributed by atoms with van der Waals surface area (Å²) in [5.74, 6) is 0.970. The van der Waals surface area contributed by atoms with Crippen LogP contribution in [0.3, 0.4) is 0 Å². The number of halogens is 3. The zero-order chi connectivity index (χ0) is 29.3. The van der Waals surface area contributed by atoms with Gasteiger partial charge in [0.1, 0.15) is 18.9 Å². The molecule has 1 aromatic carbocycles. The van der Waals surface area contributed by atoms with Crippen LogP contribution < -0.4 is 14.3 Å². The SMILES string of the molecule is CC(C)C[n+]1nc(C(F)(F)F)n2nc(N3CCC(c4ccc(OCCN5CCN(C)C(=O)[C@@H]5C)cc4)CC3)ccc21. The monoisotopic (exact) mass is 574 g/mol. The van der Waals surface area contributed by atoms with E-state index in [1.807, 2.05) is 44.9 Å². The van der Waals surface area contributed by atoms with Crippen molar-refractivity contribution in [3.63, 3.8) is 0 Å². The highest BCUT2D eigenvalue weighted by molar-refractivity contribution is 5.81. The second-order valence-electron chi connectivity index (χ2n) is 11.5. The molecule has 0 aliphatic carbocycles. The molecule has 2 aliphatic heterocycles. The van der Waals surface area contributed by atoms with Crippen LogP contribution in [0.25, 0.3) is 5.65 Å². The van der Waals surface area contributed by atoms with Gasteiger partial charge in [-0.3, -0.25) is 9.69 Å². The van der Waals surface area contributed by atoms with Gasteiger partial charge in [-0.25, -0.2) is 0 Å². The molecule has 2 aliphatic rings. The van der Waals surface area contributed by atoms with E-state index in [4.69, 9.17) is 4.74 Å². The molecule has 12 heteroatoms. The highest BCUT2D eigenvalue weighted by Gasteiger charge is 2.44. The number of piperidine rings is 1. The van der Waals surface area contributed by atoms with Crippen molar-refractivity contribution in [3.8, 4) is 5.75 Å². The van der Waals surface area contributed by atoms with Crippen LogP contribution in [0.5, 0.6) is 5.75 Å². The Morgan fingerprint density at radius 3 is 2.41 bits per heavy atom. The number of nitrogens with zero attached hydrogens (tertiary/aromatic N) is 7. The number of benzene rings is 1. The number of alkyl halides is 3. The van der Waals surface area contributed by atoms with Crippen molar-refractivity contribution in [3.05, 3.63) is 47.8 Å². The van der Waals surface area contributed by atoms with Gasteiger partial charge in [0.05, 0.1) is 6.04 Å². The van der Waals surface area contributed by atoms with Crippen molar-refractivity contribution in [2.24, 2.45) is 5.92 Å². The Morgan fingerprint density at radius 2 is 1.76 bits per heavy atom. The molecule has 222 valence electrons. The summed E-state index contributed by atoms with van der Waals surface area (Å²) in [5, 5.41) is 8.22. The second-order valence-corrected chi connectivity index (χ2v) is 11.5. The third kappa shape index (κ3) is 6.42. The zero-order valence-electron chi connectivity index (χ0n) is 24.1. The largest absolute Gasteiger partial charge is 0.492 e. The van der Waals surface area contributed by atoms with E-state index in [-0.39, 0.29) is 17.9 Å². The molecule has 3 aromatic rings. The number of anilines is 1. The van der Waals surface area contributed by atoms with E-state index in [9.17, 15) is 18.0 Å². The first-order chi connectivity index (χ1) is 19.5. The molecule has 0 bridgehead atoms. The Balaban J connectivity index is 1.17. The van der Waals surface area contributed by atoms with Crippen LogP contribution in [0.15, 0.2) is 36.4 Å². The van der Waals surface area contributed by atoms with Gasteiger partial charge in [0.2, 0.25) is 5.91 Å². The Morgan fingerprint density at radius 1 is 1.05 bits per heavy atom. The summed E-state index contributed by atoms with van der Waals surface area (Å²) in [6, 6.07) is 11.5. The molecule has 2 saturated heterocycles. The average molecular weight is 575 g/mol. The summed E-state index contributed by atoms with van der Waals surface area (Å²) in [7, 11) is 1.84. The molecule has 0 N–H and O–H groups in total. The summed E-state index contributed by atoms with van der Waals surface area (Å²) in [6.45, 7) is 10.4. The van der Waals surface area contributed by atoms with Gasteiger partial charge in [-0.2, -0.15) is 13.2 Å². The van der Waals surface area contributed by atoms with Crippen molar-refractivity contribution >= 4 is 17.4 Å². The van der Waals surface area contributed by atoms with Crippen molar-refractivity contribution in [1.82, 2.24) is 24.5 Å². The first-order valence-corrected chi connectivity index (χ1v) is 14.3. The predicted octanol–water partition coefficient (Wildman–Crippen LogP) is 3.62. The minimum absolute atomic E-state index is 0.129. The number of rotatable bonds is 8. The van der Waals surface area contributed by atoms with Gasteiger partial charge < -0.3 is 14.5 Å². The van der Waals surface area contributed by atoms with E-state index in [1.54, 1.807) is 17.0 Å². The molecule has 0 radical (unpaired) electrons. The Hall–Kier alpha value is -3.41. The quantitative estimate of drug-likeness (QED) is 0.383. The van der Waals surface area contributed by atoms with Crippen LogP contribution in [-0.2, 0) is 17.5 Å². The molecule has 2 aromatic heterocycles. The number of fused-ring (bicyclic) bond motifs is 1. The van der Waals surface area contributed by atoms with Gasteiger partial charge >= 0.3 is 17.6 Å². The molecule has 1 atom stereocenters. The Bertz CT molecular complexity index is 1350. The van der Waals surface area contributed by atoms with Gasteiger partial charge in [-0.1, -0.05) is 35.6 Å². The molecular formula is C29H39F3N7O2+. The van der Waals surface area contributed by atoms with Gasteiger partial charge in [0.15, 0.2) is 5.82 Å². The molecule has 5 rings (SSSR count). The standard InChI is InChI=1S/C29H39F3N7O2/c1-20(2)19-38-26-10-9-25(33-39(26)28(34-38)29(30,31)32)37-13-11-23(12-14-37)22-5-7-24(8-6-22)41-18-17-36-16-15-35(4)27(40)21(36)3/h5-10,20-21,23H,11-19H2,1-4H3/q+1/t21-/m0/s1. The maximum atomic E-state index is 13.7. The van der Waals surface area contributed by atoms with Crippen LogP contribution in [0.2, 0.25) is 0 Å². The maximum absolute atomic E-state index is 13.7. The molecule has 4 heterocycles. The van der Waals surface area contributed by atoms with Gasteiger partial charge in [0.25, 0.3) is 0 Å². The molecule has 1 amide bonds. The lowest BCUT2D eigenvalue weighted by Gasteiger charge is -2.37. The lowest BCUT2D eigenvalue weighted by atomic mass is 9.89. The van der Waals surface area contributed by atoms with Crippen LogP contribution >= 0.6 is 0 Å². The van der Waals surface area contributed by atoms with E-state index in [0.717, 1.165) is 36.2 Å². The van der Waals surface area contributed by atoms with Crippen molar-refractivity contribution in [2.45, 2.75) is 58.3 Å². The van der Waals surface area contributed by atoms with Crippen LogP contribution in [0, 0.1) is 5.92 Å². The fourth-order valence-corrected chi connectivity index (χ4v) is 5.71. The molecule has 0 spiro atoms. The van der Waals surface area contributed by atoms with E-state index in [2.05, 4.69) is 27.2 Å². The Labute approximate surface area is 238 Å². The summed E-state index contributed by atoms with van der Waals surface area (Å²) < 4.78 is 49.5. The third-order valence-corrected chi connectivity index (χ3v) is 8.09. The molecule has 41 heavy (non-hydrogen) atoms. The molecule has 0 saturated carbocycles. The van der Waals surface area contributed by atoms with Gasteiger partial charge in [-0.05, 0) is 60.5 Å². The lowest BCUT2D eigenvalue weighted by Crippen LogP contribution is -2.55. The van der Waals surface area contributed by atoms with E-state index < -0.39 is 12.0 Å². The number of hydrogen-bond donors (Lipinski definition) is 0. The Kier molecular flexibility index (Phi) is 8.40. The average Bonchev–Trinajstić information content (AvgIpc) is 3.31. The number of piperazine rings is 1. The second kappa shape index (κ2) is 11.8. The normalized spacial score (nSPS) is 19.5. The van der Waals surface area contributed by atoms with Crippen molar-refractivity contribution < 1.29 is 27.4 Å². The lowest BCUT2D eigenvalue weighted by molar-refractivity contribution is -0.734. The van der Waals surface area contributed by atoms with E-state index >= 15 is 0 Å². The number of likely N-dealkylation sites (N-methyl/N-ethyl adjacent to an activating group) is 1. The fraction of sp³-hybridized carbons (Fsp3) is 0.586. The highest BCUT2D eigenvalue weighted by atomic mass is 19.4. The van der Waals surface area contributed by atoms with E-state index in [1.165, 1.54) is 10.2 Å². The minimum atomic E-state index is -4.60. The number of aromatic nitrogens is 4. The number of amides is 1. The summed E-state index contributed by atoms with van der Waals surface area (Å²) in [4.78, 5) is 18.1. The summed E-state index contributed by atoms with van der Waals surface area (Å²) in [6.07, 6.45) is -2.85. The zero-order valence-corrected chi connectivity index (χ0v) is 24.1. The summed E-state index contributed by atoms with van der Waals surface area (Å²) >= 11 is 0. The highest BCUT2D eigenvalue weighted by Crippen LogP contribution is 2.32. The molecule has 2 fully saturated rings.